The molecule has 1 aromatic heterocycles. The predicted molar refractivity (Wildman–Crippen MR) is 76.2 cm³/mol. The molecule has 1 aromatic rings. The van der Waals surface area contributed by atoms with Crippen LogP contribution in [0, 0.1) is 0 Å². The van der Waals surface area contributed by atoms with Gasteiger partial charge in [-0.15, -0.1) is 22.9 Å². The highest BCUT2D eigenvalue weighted by Crippen LogP contribution is 2.13. The Kier molecular flexibility index (Phi) is 7.23. The molecule has 0 spiro atoms. The molecule has 1 rings (SSSR count). The molecule has 0 unspecified atom stereocenters. The van der Waals surface area contributed by atoms with Crippen molar-refractivity contribution in [3.63, 3.8) is 0 Å². The number of aromatic nitrogens is 1. The summed E-state index contributed by atoms with van der Waals surface area (Å²) in [7, 11) is 1.67. The Balaban J connectivity index is 2.28. The minimum absolute atomic E-state index is 0.0653. The number of nitrogens with one attached hydrogen (secondary N) is 1. The van der Waals surface area contributed by atoms with Gasteiger partial charge in [0.15, 0.2) is 0 Å². The average molecular weight is 290 g/mol. The van der Waals surface area contributed by atoms with Gasteiger partial charge >= 0.3 is 0 Å². The van der Waals surface area contributed by atoms with Crippen molar-refractivity contribution in [2.24, 2.45) is 0 Å². The van der Waals surface area contributed by atoms with Crippen LogP contribution >= 0.6 is 22.9 Å². The van der Waals surface area contributed by atoms with E-state index >= 15 is 0 Å². The molecular formula is C12H20ClN3OS. The lowest BCUT2D eigenvalue weighted by atomic mass is 10.3. The molecule has 6 heteroatoms. The lowest BCUT2D eigenvalue weighted by molar-refractivity contribution is -0.121. The van der Waals surface area contributed by atoms with E-state index in [1.165, 1.54) is 0 Å². The van der Waals surface area contributed by atoms with Crippen LogP contribution in [0.2, 0.25) is 0 Å². The normalized spacial score (nSPS) is 10.9. The molecule has 0 atom stereocenters. The van der Waals surface area contributed by atoms with E-state index < -0.39 is 0 Å². The largest absolute Gasteiger partial charge is 0.358 e. The number of rotatable bonds is 8. The van der Waals surface area contributed by atoms with Crippen LogP contribution in [-0.2, 0) is 17.1 Å². The molecule has 0 aliphatic rings. The molecule has 4 nitrogen and oxygen atoms in total. The van der Waals surface area contributed by atoms with Crippen molar-refractivity contribution >= 4 is 28.8 Å². The summed E-state index contributed by atoms with van der Waals surface area (Å²) in [5.74, 6) is 0.546. The van der Waals surface area contributed by atoms with Crippen LogP contribution < -0.4 is 5.32 Å². The fourth-order valence-corrected chi connectivity index (χ4v) is 2.68. The van der Waals surface area contributed by atoms with Gasteiger partial charge in [-0.1, -0.05) is 6.92 Å². The van der Waals surface area contributed by atoms with E-state index in [0.717, 1.165) is 36.6 Å². The Morgan fingerprint density at radius 1 is 1.61 bits per heavy atom. The maximum Gasteiger partial charge on any atom is 0.233 e. The Bertz CT molecular complexity index is 370. The van der Waals surface area contributed by atoms with Crippen LogP contribution in [0.3, 0.4) is 0 Å². The summed E-state index contributed by atoms with van der Waals surface area (Å²) in [5.41, 5.74) is 0.953. The van der Waals surface area contributed by atoms with Gasteiger partial charge in [-0.2, -0.15) is 0 Å². The molecule has 0 radical (unpaired) electrons. The summed E-state index contributed by atoms with van der Waals surface area (Å²) in [4.78, 5) is 17.8. The first-order valence-electron chi connectivity index (χ1n) is 6.11. The quantitative estimate of drug-likeness (QED) is 0.743. The van der Waals surface area contributed by atoms with E-state index in [9.17, 15) is 4.79 Å². The van der Waals surface area contributed by atoms with Crippen molar-refractivity contribution in [1.29, 1.82) is 0 Å². The summed E-state index contributed by atoms with van der Waals surface area (Å²) in [6.45, 7) is 4.34. The van der Waals surface area contributed by atoms with Crippen molar-refractivity contribution in [1.82, 2.24) is 15.2 Å². The van der Waals surface area contributed by atoms with Gasteiger partial charge in [0.1, 0.15) is 0 Å². The lowest BCUT2D eigenvalue weighted by Crippen LogP contribution is -2.36. The second kappa shape index (κ2) is 8.45. The fourth-order valence-electron chi connectivity index (χ4n) is 1.61. The number of likely N-dealkylation sites (N-methyl/N-ethyl adjacent to an activating group) is 2. The first kappa shape index (κ1) is 15.4. The number of alkyl halides is 1. The zero-order valence-electron chi connectivity index (χ0n) is 10.9. The number of carbonyl (C=O) groups is 1. The summed E-state index contributed by atoms with van der Waals surface area (Å²) >= 11 is 7.37. The van der Waals surface area contributed by atoms with Crippen molar-refractivity contribution in [2.45, 2.75) is 25.6 Å². The number of amides is 1. The number of nitrogens with zero attached hydrogens (tertiary/aromatic N) is 2. The monoisotopic (exact) mass is 289 g/mol. The van der Waals surface area contributed by atoms with Crippen LogP contribution in [0.1, 0.15) is 24.0 Å². The zero-order chi connectivity index (χ0) is 13.4. The highest BCUT2D eigenvalue weighted by Gasteiger charge is 2.08. The van der Waals surface area contributed by atoms with Crippen LogP contribution in [-0.4, -0.2) is 42.5 Å². The number of hydrogen-bond acceptors (Lipinski definition) is 4. The molecule has 0 aliphatic heterocycles. The van der Waals surface area contributed by atoms with Crippen molar-refractivity contribution in [2.75, 3.05) is 26.7 Å². The Morgan fingerprint density at radius 2 is 2.39 bits per heavy atom. The SMILES string of the molecule is CCN(CCCc1nc(CCl)cs1)CC(=O)NC. The summed E-state index contributed by atoms with van der Waals surface area (Å²) in [6.07, 6.45) is 1.96. The van der Waals surface area contributed by atoms with Gasteiger partial charge in [0.25, 0.3) is 0 Å². The van der Waals surface area contributed by atoms with Crippen molar-refractivity contribution in [3.8, 4) is 0 Å². The third-order valence-corrected chi connectivity index (χ3v) is 3.93. The predicted octanol–water partition coefficient (Wildman–Crippen LogP) is 1.88. The van der Waals surface area contributed by atoms with Crippen molar-refractivity contribution < 1.29 is 4.79 Å². The average Bonchev–Trinajstić information content (AvgIpc) is 2.85. The van der Waals surface area contributed by atoms with Gasteiger partial charge in [0.05, 0.1) is 23.1 Å². The highest BCUT2D eigenvalue weighted by atomic mass is 35.5. The Labute approximate surface area is 117 Å². The van der Waals surface area contributed by atoms with Gasteiger partial charge in [-0.25, -0.2) is 4.98 Å². The third-order valence-electron chi connectivity index (χ3n) is 2.69. The van der Waals surface area contributed by atoms with Gasteiger partial charge in [0, 0.05) is 18.8 Å². The minimum atomic E-state index is 0.0653. The molecule has 0 aromatic carbocycles. The van der Waals surface area contributed by atoms with Crippen LogP contribution in [0.15, 0.2) is 5.38 Å². The topological polar surface area (TPSA) is 45.2 Å². The van der Waals surface area contributed by atoms with E-state index in [0.29, 0.717) is 12.4 Å². The smallest absolute Gasteiger partial charge is 0.233 e. The molecule has 0 saturated heterocycles. The van der Waals surface area contributed by atoms with Crippen LogP contribution in [0.25, 0.3) is 0 Å². The number of carbonyl (C=O) groups excluding carboxylic acids is 1. The lowest BCUT2D eigenvalue weighted by Gasteiger charge is -2.18. The molecule has 0 fully saturated rings. The van der Waals surface area contributed by atoms with E-state index in [2.05, 4.69) is 22.1 Å². The third kappa shape index (κ3) is 5.33. The molecule has 1 amide bonds. The molecule has 0 aliphatic carbocycles. The summed E-state index contributed by atoms with van der Waals surface area (Å²) in [6, 6.07) is 0. The molecule has 1 heterocycles. The van der Waals surface area contributed by atoms with Gasteiger partial charge in [-0.05, 0) is 19.5 Å². The second-order valence-corrected chi connectivity index (χ2v) is 5.22. The molecular weight excluding hydrogens is 270 g/mol. The van der Waals surface area contributed by atoms with Crippen molar-refractivity contribution in [3.05, 3.63) is 16.1 Å². The van der Waals surface area contributed by atoms with Crippen LogP contribution in [0.5, 0.6) is 0 Å². The Morgan fingerprint density at radius 3 is 2.94 bits per heavy atom. The molecule has 18 heavy (non-hydrogen) atoms. The van der Waals surface area contributed by atoms with Gasteiger partial charge in [0.2, 0.25) is 5.91 Å². The summed E-state index contributed by atoms with van der Waals surface area (Å²) in [5, 5.41) is 5.77. The van der Waals surface area contributed by atoms with Gasteiger partial charge in [-0.3, -0.25) is 9.69 Å². The van der Waals surface area contributed by atoms with E-state index in [4.69, 9.17) is 11.6 Å². The first-order chi connectivity index (χ1) is 8.69. The number of hydrogen-bond donors (Lipinski definition) is 1. The highest BCUT2D eigenvalue weighted by molar-refractivity contribution is 7.09. The maximum atomic E-state index is 11.3. The summed E-state index contributed by atoms with van der Waals surface area (Å²) < 4.78 is 0. The fraction of sp³-hybridized carbons (Fsp3) is 0.667. The van der Waals surface area contributed by atoms with E-state index in [1.54, 1.807) is 18.4 Å². The molecule has 0 bridgehead atoms. The second-order valence-electron chi connectivity index (χ2n) is 4.01. The van der Waals surface area contributed by atoms with Crippen LogP contribution in [0.4, 0.5) is 0 Å². The van der Waals surface area contributed by atoms with E-state index in [1.807, 2.05) is 5.38 Å². The zero-order valence-corrected chi connectivity index (χ0v) is 12.5. The number of aryl methyl sites for hydroxylation is 1. The molecule has 102 valence electrons. The first-order valence-corrected chi connectivity index (χ1v) is 7.53. The molecule has 1 N–H and O–H groups in total. The minimum Gasteiger partial charge on any atom is -0.358 e. The standard InChI is InChI=1S/C12H20ClN3OS/c1-3-16(8-11(17)14-2)6-4-5-12-15-10(7-13)9-18-12/h9H,3-8H2,1-2H3,(H,14,17). The molecule has 0 saturated carbocycles. The van der Waals surface area contributed by atoms with Gasteiger partial charge < -0.3 is 5.32 Å². The maximum absolute atomic E-state index is 11.3. The number of thiazole rings is 1. The Hall–Kier alpha value is -0.650. The van der Waals surface area contributed by atoms with E-state index in [-0.39, 0.29) is 5.91 Å². The number of halogens is 1.